The van der Waals surface area contributed by atoms with Crippen LogP contribution in [0, 0.1) is 69.5 Å². The number of aliphatic imine (C=N–C) groups is 3. The number of thiocarbonyl (C=S) groups is 1. The number of ether oxygens (including phenoxy) is 3. The molecule has 5 atom stereocenters. The van der Waals surface area contributed by atoms with E-state index in [9.17, 15) is 77.1 Å². The number of nitrogens with zero attached hydrogens (tertiary/aromatic N) is 7. The van der Waals surface area contributed by atoms with Gasteiger partial charge in [-0.2, -0.15) is 0 Å². The lowest BCUT2D eigenvalue weighted by molar-refractivity contribution is -0.385. The van der Waals surface area contributed by atoms with Crippen LogP contribution in [0.3, 0.4) is 0 Å². The fraction of sp³-hybridized carbons (Fsp3) is 0.294. The molecule has 7 aromatic rings. The molecule has 29 nitrogen and oxygen atoms in total. The number of nitro benzene ring substituents is 4. The molecule has 0 spiro atoms. The molecule has 36 heteroatoms. The summed E-state index contributed by atoms with van der Waals surface area (Å²) in [5.41, 5.74) is 18.4. The molecule has 104 heavy (non-hydrogen) atoms. The summed E-state index contributed by atoms with van der Waals surface area (Å²) in [6, 6.07) is 34.3. The van der Waals surface area contributed by atoms with Gasteiger partial charge >= 0.3 is 0 Å². The lowest BCUT2D eigenvalue weighted by Gasteiger charge is -2.32. The smallest absolute Gasteiger partial charge is 0.292 e. The van der Waals surface area contributed by atoms with Crippen LogP contribution in [0.15, 0.2) is 167 Å². The van der Waals surface area contributed by atoms with Gasteiger partial charge in [-0.15, -0.1) is 12.4 Å². The zero-order valence-electron chi connectivity index (χ0n) is 56.4. The van der Waals surface area contributed by atoms with Crippen LogP contribution in [0.5, 0.6) is 0 Å². The molecule has 0 aliphatic carbocycles. The van der Waals surface area contributed by atoms with Crippen molar-refractivity contribution >= 4 is 88.1 Å². The summed E-state index contributed by atoms with van der Waals surface area (Å²) in [6.07, 6.45) is 1.44. The SMILES string of the molecule is C[C@@](CCO)(NC(=S)NC(=O)c1ccccc1)c1cc([N+](=O)[O-])ccc1F.C[C@@]1(c2cc(N)ccc2F)CCOC(N)=N1.C[C@@]1(c2cc([N+](=O)[O-])ccc2F)CCOC(N)=N1.C[C@@]1(c2cc([N+](=O)[O-])ccc2F)CCOC(NC(=O)c2ccccc2)=N1.C[C@](N)(CCO)c1cc([N+](=O)[O-])ccc1F.Cl. The largest absolute Gasteiger partial charge is 0.465 e. The van der Waals surface area contributed by atoms with Gasteiger partial charge in [0.25, 0.3) is 52.6 Å². The second-order valence-corrected chi connectivity index (χ2v) is 24.6. The average Bonchev–Trinajstić information content (AvgIpc) is 0.797. The third kappa shape index (κ3) is 22.3. The number of nitrogens with two attached hydrogens (primary N) is 4. The van der Waals surface area contributed by atoms with Crippen molar-refractivity contribution in [3.63, 3.8) is 0 Å². The van der Waals surface area contributed by atoms with E-state index in [-0.39, 0.29) is 119 Å². The number of non-ortho nitro benzene ring substituents is 4. The normalized spacial score (nSPS) is 18.1. The number of nitrogen functional groups attached to an aromatic ring is 1. The lowest BCUT2D eigenvalue weighted by Crippen LogP contribution is -2.50. The molecule has 0 aromatic heterocycles. The summed E-state index contributed by atoms with van der Waals surface area (Å²) in [5.74, 6) is -3.63. The molecule has 0 fully saturated rings. The van der Waals surface area contributed by atoms with E-state index in [4.69, 9.17) is 54.5 Å². The van der Waals surface area contributed by atoms with Gasteiger partial charge < -0.3 is 52.7 Å². The fourth-order valence-corrected chi connectivity index (χ4v) is 10.8. The number of carbonyl (C=O) groups excluding carboxylic acids is 2. The number of amides is 2. The van der Waals surface area contributed by atoms with E-state index in [1.54, 1.807) is 80.6 Å². The molecule has 10 rings (SSSR count). The molecule has 0 radical (unpaired) electrons. The van der Waals surface area contributed by atoms with Crippen LogP contribution in [-0.2, 0) is 41.9 Å². The predicted octanol–water partition coefficient (Wildman–Crippen LogP) is 10.5. The van der Waals surface area contributed by atoms with Crippen molar-refractivity contribution in [2.24, 2.45) is 32.2 Å². The number of nitrogens with one attached hydrogen (secondary N) is 3. The van der Waals surface area contributed by atoms with E-state index in [2.05, 4.69) is 30.9 Å². The molecule has 13 N–H and O–H groups in total. The maximum absolute atomic E-state index is 14.4. The molecule has 0 bridgehead atoms. The van der Waals surface area contributed by atoms with E-state index >= 15 is 0 Å². The first kappa shape index (κ1) is 83.3. The maximum atomic E-state index is 14.4. The Hall–Kier alpha value is -11.4. The Balaban J connectivity index is 0.000000237. The predicted molar refractivity (Wildman–Crippen MR) is 381 cm³/mol. The molecule has 0 unspecified atom stereocenters. The van der Waals surface area contributed by atoms with Crippen molar-refractivity contribution < 1.29 is 75.7 Å². The number of amidine groups is 3. The van der Waals surface area contributed by atoms with Crippen LogP contribution in [0.25, 0.3) is 0 Å². The number of anilines is 1. The number of hydrogen-bond acceptors (Lipinski definition) is 23. The lowest BCUT2D eigenvalue weighted by atomic mass is 9.88. The summed E-state index contributed by atoms with van der Waals surface area (Å²) in [6.45, 7) is 8.56. The maximum Gasteiger partial charge on any atom is 0.292 e. The molecule has 554 valence electrons. The monoisotopic (exact) mass is 1490 g/mol. The van der Waals surface area contributed by atoms with E-state index in [0.29, 0.717) is 54.9 Å². The highest BCUT2D eigenvalue weighted by Gasteiger charge is 2.38. The minimum atomic E-state index is -1.27. The number of aliphatic hydroxyl groups excluding tert-OH is 2. The van der Waals surface area contributed by atoms with Crippen LogP contribution in [0.4, 0.5) is 50.4 Å². The minimum Gasteiger partial charge on any atom is -0.465 e. The topological polar surface area (TPSA) is 452 Å². The number of hydrogen-bond donors (Lipinski definition) is 9. The van der Waals surface area contributed by atoms with Crippen molar-refractivity contribution in [2.45, 2.75) is 94.4 Å². The van der Waals surface area contributed by atoms with Crippen LogP contribution in [0.1, 0.15) is 115 Å². The highest BCUT2D eigenvalue weighted by Crippen LogP contribution is 2.39. The van der Waals surface area contributed by atoms with Crippen LogP contribution >= 0.6 is 24.6 Å². The first-order valence-corrected chi connectivity index (χ1v) is 31.5. The summed E-state index contributed by atoms with van der Waals surface area (Å²) >= 11 is 5.14. The number of halogens is 6. The van der Waals surface area contributed by atoms with Gasteiger partial charge in [0.15, 0.2) is 5.11 Å². The summed E-state index contributed by atoms with van der Waals surface area (Å²) < 4.78 is 85.0. The molecule has 7 aromatic carbocycles. The van der Waals surface area contributed by atoms with Crippen molar-refractivity contribution in [1.29, 1.82) is 0 Å². The Morgan fingerprint density at radius 2 is 0.894 bits per heavy atom. The highest BCUT2D eigenvalue weighted by molar-refractivity contribution is 7.80. The molecule has 3 heterocycles. The fourth-order valence-electron chi connectivity index (χ4n) is 10.5. The molecule has 3 aliphatic heterocycles. The quantitative estimate of drug-likeness (QED) is 0.0143. The molecular formula is C68H74ClF5N14O15S. The standard InChI is InChI=1S/C18H18FN3O4S.C18H16FN3O4.C11H12FN3O3.C11H14FN3O.C10H13FN2O3.ClH/c1-18(9-10-23,14-11-13(22(25)26)7-8-15(14)19)21-17(27)20-16(24)12-5-3-2-4-6-12;1-18(14-11-13(22(24)25)7-8-15(14)19)9-10-26-17(21-18)20-16(23)12-5-3-2-4-6-12;1-11(4-5-18-10(13)14-11)8-6-7(15(16)17)2-3-9(8)12;1-11(4-5-16-10(14)15-11)8-6-7(13)2-3-9(8)12;1-10(12,4-5-14)8-6-7(13(15)16)2-3-9(8)11;/h2-8,11,23H,9-10H2,1H3,(H2,20,21,24,27);2-8,11H,9-10H2,1H3,(H,20,21,23);2-3,6H,4-5H2,1H3,(H2,13,14);2-3,6H,4-5,13H2,1H3,(H2,14,15);2-3,6,14H,4-5,12H2,1H3;1H/t2*18-;2*11-;10-;/m00000./s1. The van der Waals surface area contributed by atoms with Gasteiger partial charge in [-0.25, -0.2) is 36.9 Å². The molecule has 0 saturated carbocycles. The number of carbonyl (C=O) groups is 2. The molecule has 2 amide bonds. The van der Waals surface area contributed by atoms with Crippen LogP contribution in [0.2, 0.25) is 0 Å². The van der Waals surface area contributed by atoms with Gasteiger partial charge in [0, 0.05) is 131 Å². The van der Waals surface area contributed by atoms with E-state index in [0.717, 1.165) is 60.7 Å². The molecule has 0 saturated heterocycles. The van der Waals surface area contributed by atoms with Crippen LogP contribution in [-0.4, -0.2) is 97.9 Å². The van der Waals surface area contributed by atoms with Crippen LogP contribution < -0.4 is 38.9 Å². The first-order chi connectivity index (χ1) is 48.5. The average molecular weight is 1490 g/mol. The second kappa shape index (κ2) is 36.5. The van der Waals surface area contributed by atoms with Gasteiger partial charge in [-0.05, 0) is 126 Å². The van der Waals surface area contributed by atoms with Crippen molar-refractivity contribution in [2.75, 3.05) is 38.8 Å². The van der Waals surface area contributed by atoms with E-state index in [1.165, 1.54) is 38.1 Å². The summed E-state index contributed by atoms with van der Waals surface area (Å²) in [4.78, 5) is 77.8. The number of nitro groups is 4. The van der Waals surface area contributed by atoms with Gasteiger partial charge in [0.2, 0.25) is 0 Å². The zero-order valence-corrected chi connectivity index (χ0v) is 58.0. The molecular weight excluding hydrogens is 1420 g/mol. The highest BCUT2D eigenvalue weighted by atomic mass is 35.5. The third-order valence-electron chi connectivity index (χ3n) is 16.3. The van der Waals surface area contributed by atoms with Crippen molar-refractivity contribution in [1.82, 2.24) is 16.0 Å². The Morgan fingerprint density at radius 1 is 0.529 bits per heavy atom. The summed E-state index contributed by atoms with van der Waals surface area (Å²) in [7, 11) is 0. The first-order valence-electron chi connectivity index (χ1n) is 31.0. The third-order valence-corrected chi connectivity index (χ3v) is 16.5. The van der Waals surface area contributed by atoms with Gasteiger partial charge in [-0.1, -0.05) is 36.4 Å². The van der Waals surface area contributed by atoms with Gasteiger partial charge in [0.05, 0.1) is 61.7 Å². The second-order valence-electron chi connectivity index (χ2n) is 24.1. The van der Waals surface area contributed by atoms with Crippen molar-refractivity contribution in [3.05, 3.63) is 260 Å². The number of rotatable bonds is 16. The van der Waals surface area contributed by atoms with Gasteiger partial charge in [0.1, 0.15) is 29.1 Å². The zero-order chi connectivity index (χ0) is 76.2. The van der Waals surface area contributed by atoms with Crippen molar-refractivity contribution in [3.8, 4) is 0 Å². The van der Waals surface area contributed by atoms with E-state index < -0.39 is 82.5 Å². The Labute approximate surface area is 602 Å². The Morgan fingerprint density at radius 3 is 1.32 bits per heavy atom. The number of benzene rings is 7. The summed E-state index contributed by atoms with van der Waals surface area (Å²) in [5, 5.41) is 69.2. The van der Waals surface area contributed by atoms with Gasteiger partial charge in [-0.3, -0.25) is 60.7 Å². The number of aliphatic hydroxyl groups is 2. The Kier molecular flexibility index (Phi) is 29.2. The minimum absolute atomic E-state index is 0. The molecule has 3 aliphatic rings. The Bertz CT molecular complexity index is 4390. The van der Waals surface area contributed by atoms with E-state index in [1.807, 2.05) is 6.92 Å².